The van der Waals surface area contributed by atoms with E-state index in [1.807, 2.05) is 26.9 Å². The van der Waals surface area contributed by atoms with E-state index in [4.69, 9.17) is 23.7 Å². The fourth-order valence-electron chi connectivity index (χ4n) is 2.92. The monoisotopic (exact) mass is 517 g/mol. The van der Waals surface area contributed by atoms with Crippen molar-refractivity contribution < 1.29 is 43.2 Å². The Kier molecular flexibility index (Phi) is 12.8. The molecule has 3 atom stereocenters. The maximum atomic E-state index is 11.9. The summed E-state index contributed by atoms with van der Waals surface area (Å²) in [7, 11) is 5.28. The number of benzene rings is 1. The number of imide groups is 1. The van der Waals surface area contributed by atoms with Crippen LogP contribution in [0, 0.1) is 0 Å². The number of nitrogens with one attached hydrogen (secondary N) is 1. The molecule has 0 radical (unpaired) electrons. The number of methoxy groups -OCH3 is 1. The average Bonchev–Trinajstić information content (AvgIpc) is 3.32. The molecule has 1 fully saturated rings. The fraction of sp³-hybridized carbons (Fsp3) is 0.591. The van der Waals surface area contributed by atoms with Crippen LogP contribution in [0.25, 0.3) is 0 Å². The van der Waals surface area contributed by atoms with Crippen molar-refractivity contribution in [1.82, 2.24) is 5.32 Å². The molecule has 1 aromatic rings. The van der Waals surface area contributed by atoms with Gasteiger partial charge in [-0.1, -0.05) is 40.1 Å². The molecule has 0 aliphatic carbocycles. The van der Waals surface area contributed by atoms with Crippen molar-refractivity contribution in [2.24, 2.45) is 0 Å². The summed E-state index contributed by atoms with van der Waals surface area (Å²) in [6, 6.07) is 6.88. The van der Waals surface area contributed by atoms with Crippen molar-refractivity contribution in [2.75, 3.05) is 26.1 Å². The second-order valence-electron chi connectivity index (χ2n) is 7.38. The number of unbranched alkanes of at least 4 members (excludes halogenated alkanes) is 1. The van der Waals surface area contributed by atoms with Crippen LogP contribution in [0.4, 0.5) is 9.59 Å². The smallest absolute Gasteiger partial charge is 0.419 e. The second-order valence-corrected chi connectivity index (χ2v) is 10.2. The molecule has 34 heavy (non-hydrogen) atoms. The van der Waals surface area contributed by atoms with Gasteiger partial charge in [0.25, 0.3) is 0 Å². The standard InChI is InChI=1S/C22H31NO9S2/c1-15(31-20(25)10-6-3-7-17-11-12-33-34-17)32-22(27)23-21(26)30-14-16(24)13-29-19-9-5-4-8-18(19)28-2/h4-5,8-9,15-17,24H,3,6-7,10-14H2,1-2H3,(H,23,26,27)/t15?,16?,17-/m1/s1. The van der Waals surface area contributed by atoms with Crippen molar-refractivity contribution in [3.05, 3.63) is 24.3 Å². The molecule has 1 aliphatic rings. The van der Waals surface area contributed by atoms with Gasteiger partial charge in [0.15, 0.2) is 11.5 Å². The molecule has 12 heteroatoms. The molecule has 2 amide bonds. The Bertz CT molecular complexity index is 789. The van der Waals surface area contributed by atoms with E-state index in [0.717, 1.165) is 12.8 Å². The van der Waals surface area contributed by atoms with Crippen molar-refractivity contribution in [3.63, 3.8) is 0 Å². The topological polar surface area (TPSA) is 130 Å². The van der Waals surface area contributed by atoms with E-state index in [1.165, 1.54) is 26.2 Å². The molecule has 1 heterocycles. The zero-order chi connectivity index (χ0) is 24.8. The minimum atomic E-state index is -1.16. The maximum absolute atomic E-state index is 11.9. The van der Waals surface area contributed by atoms with E-state index in [0.29, 0.717) is 23.2 Å². The molecular formula is C22H31NO9S2. The summed E-state index contributed by atoms with van der Waals surface area (Å²) >= 11 is 0. The van der Waals surface area contributed by atoms with Crippen molar-refractivity contribution in [3.8, 4) is 11.5 Å². The van der Waals surface area contributed by atoms with Gasteiger partial charge in [0.05, 0.1) is 7.11 Å². The van der Waals surface area contributed by atoms with Gasteiger partial charge in [-0.15, -0.1) is 0 Å². The third-order valence-corrected chi connectivity index (χ3v) is 7.57. The molecule has 0 saturated carbocycles. The SMILES string of the molecule is COc1ccccc1OCC(O)COC(=O)NC(=O)OC(C)OC(=O)CCCC[C@@H]1CCSS1. The molecule has 190 valence electrons. The maximum Gasteiger partial charge on any atom is 0.419 e. The molecule has 2 N–H and O–H groups in total. The Morgan fingerprint density at radius 1 is 1.12 bits per heavy atom. The van der Waals surface area contributed by atoms with Gasteiger partial charge in [-0.25, -0.2) is 14.9 Å². The summed E-state index contributed by atoms with van der Waals surface area (Å²) in [5.41, 5.74) is 0. The zero-order valence-corrected chi connectivity index (χ0v) is 20.9. The number of ether oxygens (including phenoxy) is 5. The van der Waals surface area contributed by atoms with Gasteiger partial charge in [0.2, 0.25) is 6.29 Å². The summed E-state index contributed by atoms with van der Waals surface area (Å²) in [5, 5.41) is 12.4. The molecule has 1 aliphatic heterocycles. The van der Waals surface area contributed by atoms with Crippen LogP contribution >= 0.6 is 21.6 Å². The molecule has 1 aromatic carbocycles. The van der Waals surface area contributed by atoms with Gasteiger partial charge in [0.1, 0.15) is 19.3 Å². The number of hydrogen-bond acceptors (Lipinski definition) is 11. The molecular weight excluding hydrogens is 486 g/mol. The van der Waals surface area contributed by atoms with Crippen molar-refractivity contribution in [2.45, 2.75) is 56.7 Å². The number of aliphatic hydroxyl groups excluding tert-OH is 1. The van der Waals surface area contributed by atoms with Crippen LogP contribution in [0.2, 0.25) is 0 Å². The third-order valence-electron chi connectivity index (χ3n) is 4.57. The fourth-order valence-corrected chi connectivity index (χ4v) is 5.95. The number of aliphatic hydroxyl groups is 1. The minimum absolute atomic E-state index is 0.163. The lowest BCUT2D eigenvalue weighted by Gasteiger charge is -2.16. The lowest BCUT2D eigenvalue weighted by atomic mass is 10.1. The molecule has 0 bridgehead atoms. The first kappa shape index (κ1) is 27.9. The van der Waals surface area contributed by atoms with Crippen molar-refractivity contribution in [1.29, 1.82) is 0 Å². The van der Waals surface area contributed by atoms with Gasteiger partial charge < -0.3 is 28.8 Å². The Morgan fingerprint density at radius 3 is 2.59 bits per heavy atom. The number of alkyl carbamates (subject to hydrolysis) is 2. The first-order valence-electron chi connectivity index (χ1n) is 10.9. The highest BCUT2D eigenvalue weighted by Crippen LogP contribution is 2.39. The Labute approximate surface area is 206 Å². The highest BCUT2D eigenvalue weighted by atomic mass is 33.1. The van der Waals surface area contributed by atoms with E-state index >= 15 is 0 Å². The first-order valence-corrected chi connectivity index (χ1v) is 13.3. The summed E-state index contributed by atoms with van der Waals surface area (Å²) < 4.78 is 25.2. The molecule has 0 aromatic heterocycles. The van der Waals surface area contributed by atoms with E-state index in [2.05, 4.69) is 0 Å². The van der Waals surface area contributed by atoms with Gasteiger partial charge in [-0.05, 0) is 31.4 Å². The summed E-state index contributed by atoms with van der Waals surface area (Å²) in [6.07, 6.45) is -0.417. The lowest BCUT2D eigenvalue weighted by molar-refractivity contribution is -0.164. The van der Waals surface area contributed by atoms with Gasteiger partial charge >= 0.3 is 18.2 Å². The number of rotatable bonds is 13. The van der Waals surface area contributed by atoms with E-state index in [1.54, 1.807) is 24.3 Å². The number of hydrogen-bond donors (Lipinski definition) is 2. The predicted octanol–water partition coefficient (Wildman–Crippen LogP) is 3.90. The molecule has 2 unspecified atom stereocenters. The van der Waals surface area contributed by atoms with Gasteiger partial charge in [-0.3, -0.25) is 4.79 Å². The van der Waals surface area contributed by atoms with Gasteiger partial charge in [-0.2, -0.15) is 0 Å². The summed E-state index contributed by atoms with van der Waals surface area (Å²) in [4.78, 5) is 35.3. The van der Waals surface area contributed by atoms with Crippen LogP contribution in [0.5, 0.6) is 11.5 Å². The Balaban J connectivity index is 1.54. The number of para-hydroxylation sites is 2. The first-order chi connectivity index (χ1) is 16.4. The molecule has 2 rings (SSSR count). The van der Waals surface area contributed by atoms with Crippen LogP contribution < -0.4 is 14.8 Å². The summed E-state index contributed by atoms with van der Waals surface area (Å²) in [5.74, 6) is 1.62. The largest absolute Gasteiger partial charge is 0.493 e. The number of carbonyl (C=O) groups excluding carboxylic acids is 3. The van der Waals surface area contributed by atoms with Crippen molar-refractivity contribution >= 4 is 39.7 Å². The highest BCUT2D eigenvalue weighted by Gasteiger charge is 2.19. The predicted molar refractivity (Wildman–Crippen MR) is 128 cm³/mol. The highest BCUT2D eigenvalue weighted by molar-refractivity contribution is 8.77. The molecule has 0 spiro atoms. The zero-order valence-electron chi connectivity index (χ0n) is 19.2. The van der Waals surface area contributed by atoms with Crippen LogP contribution in [0.1, 0.15) is 39.0 Å². The van der Waals surface area contributed by atoms with Crippen LogP contribution in [-0.4, -0.2) is 67.0 Å². The second kappa shape index (κ2) is 15.6. The lowest BCUT2D eigenvalue weighted by Crippen LogP contribution is -2.36. The van der Waals surface area contributed by atoms with E-state index in [-0.39, 0.29) is 13.0 Å². The molecule has 1 saturated heterocycles. The molecule has 10 nitrogen and oxygen atoms in total. The van der Waals surface area contributed by atoms with Crippen LogP contribution in [0.3, 0.4) is 0 Å². The average molecular weight is 518 g/mol. The van der Waals surface area contributed by atoms with E-state index < -0.39 is 37.2 Å². The van der Waals surface area contributed by atoms with Crippen LogP contribution in [-0.2, 0) is 19.0 Å². The number of esters is 1. The number of carbonyl (C=O) groups is 3. The minimum Gasteiger partial charge on any atom is -0.493 e. The normalized spacial score (nSPS) is 16.7. The Morgan fingerprint density at radius 2 is 1.88 bits per heavy atom. The third kappa shape index (κ3) is 11.2. The quantitative estimate of drug-likeness (QED) is 0.171. The number of amides is 2. The summed E-state index contributed by atoms with van der Waals surface area (Å²) in [6.45, 7) is 0.786. The van der Waals surface area contributed by atoms with Gasteiger partial charge in [0, 0.05) is 24.3 Å². The van der Waals surface area contributed by atoms with E-state index in [9.17, 15) is 19.5 Å². The Hall–Kier alpha value is -2.31. The van der Waals surface area contributed by atoms with Crippen LogP contribution in [0.15, 0.2) is 24.3 Å².